The number of hydrogen-bond acceptors (Lipinski definition) is 3. The first-order valence-electron chi connectivity index (χ1n) is 9.73. The van der Waals surface area contributed by atoms with Crippen LogP contribution in [0, 0.1) is 6.92 Å². The monoisotopic (exact) mass is 452 g/mol. The average Bonchev–Trinajstić information content (AvgIpc) is 3.09. The Kier molecular flexibility index (Phi) is 5.85. The minimum Gasteiger partial charge on any atom is -0.337 e. The molecule has 3 aromatic carbocycles. The molecule has 1 aromatic heterocycles. The lowest BCUT2D eigenvalue weighted by Gasteiger charge is -2.07. The zero-order chi connectivity index (χ0) is 22.0. The molecule has 0 aliphatic heterocycles. The van der Waals surface area contributed by atoms with E-state index >= 15 is 0 Å². The molecule has 0 radical (unpaired) electrons. The Hall–Kier alpha value is -3.09. The number of anilines is 1. The zero-order valence-corrected chi connectivity index (χ0v) is 18.5. The fourth-order valence-corrected chi connectivity index (χ4v) is 5.27. The van der Waals surface area contributed by atoms with Crippen LogP contribution >= 0.6 is 11.6 Å². The van der Waals surface area contributed by atoms with Crippen molar-refractivity contribution >= 4 is 43.9 Å². The summed E-state index contributed by atoms with van der Waals surface area (Å²) < 4.78 is 28.1. The molecule has 1 N–H and O–H groups in total. The van der Waals surface area contributed by atoms with E-state index in [9.17, 15) is 13.2 Å². The van der Waals surface area contributed by atoms with Crippen LogP contribution in [-0.4, -0.2) is 18.9 Å². The molecule has 1 heterocycles. The van der Waals surface area contributed by atoms with Crippen molar-refractivity contribution in [3.05, 3.63) is 95.1 Å². The lowest BCUT2D eigenvalue weighted by molar-refractivity contribution is -0.116. The molecule has 4 rings (SSSR count). The van der Waals surface area contributed by atoms with Gasteiger partial charge in [-0.3, -0.25) is 4.79 Å². The van der Waals surface area contributed by atoms with Crippen molar-refractivity contribution in [2.75, 3.05) is 5.32 Å². The maximum absolute atomic E-state index is 13.2. The Morgan fingerprint density at radius 2 is 1.74 bits per heavy atom. The van der Waals surface area contributed by atoms with Crippen LogP contribution in [0.1, 0.15) is 11.1 Å². The number of aromatic nitrogens is 1. The van der Waals surface area contributed by atoms with Gasteiger partial charge in [0, 0.05) is 27.8 Å². The summed E-state index contributed by atoms with van der Waals surface area (Å²) in [6.45, 7) is 1.94. The van der Waals surface area contributed by atoms with Gasteiger partial charge in [-0.1, -0.05) is 65.7 Å². The fourth-order valence-electron chi connectivity index (χ4n) is 3.49. The van der Waals surface area contributed by atoms with Crippen molar-refractivity contribution in [3.8, 4) is 0 Å². The normalized spacial score (nSPS) is 11.5. The van der Waals surface area contributed by atoms with E-state index in [-0.39, 0.29) is 23.1 Å². The van der Waals surface area contributed by atoms with Gasteiger partial charge in [-0.05, 0) is 36.8 Å². The molecule has 0 saturated heterocycles. The predicted molar refractivity (Wildman–Crippen MR) is 124 cm³/mol. The molecular weight excluding hydrogens is 432 g/mol. The van der Waals surface area contributed by atoms with Crippen LogP contribution in [0.5, 0.6) is 0 Å². The number of para-hydroxylation sites is 1. The summed E-state index contributed by atoms with van der Waals surface area (Å²) in [7, 11) is -3.60. The van der Waals surface area contributed by atoms with Gasteiger partial charge in [-0.25, -0.2) is 8.42 Å². The van der Waals surface area contributed by atoms with Crippen molar-refractivity contribution in [3.63, 3.8) is 0 Å². The minimum absolute atomic E-state index is 0.0208. The number of halogens is 1. The summed E-state index contributed by atoms with van der Waals surface area (Å²) in [6, 6.07) is 21.5. The Labute approximate surface area is 186 Å². The Bertz CT molecular complexity index is 1360. The number of sulfone groups is 1. The van der Waals surface area contributed by atoms with Crippen LogP contribution in [0.4, 0.5) is 5.69 Å². The first-order valence-corrected chi connectivity index (χ1v) is 11.8. The van der Waals surface area contributed by atoms with Crippen LogP contribution in [0.15, 0.2) is 83.9 Å². The molecule has 7 heteroatoms. The number of benzene rings is 3. The molecule has 0 atom stereocenters. The fraction of sp³-hybridized carbons (Fsp3) is 0.125. The lowest BCUT2D eigenvalue weighted by atomic mass is 10.2. The van der Waals surface area contributed by atoms with E-state index in [2.05, 4.69) is 5.32 Å². The van der Waals surface area contributed by atoms with Gasteiger partial charge in [-0.2, -0.15) is 0 Å². The topological polar surface area (TPSA) is 68.2 Å². The first-order chi connectivity index (χ1) is 14.8. The molecule has 0 aliphatic carbocycles. The van der Waals surface area contributed by atoms with E-state index in [4.69, 9.17) is 11.6 Å². The molecule has 0 unspecified atom stereocenters. The van der Waals surface area contributed by atoms with Gasteiger partial charge < -0.3 is 9.88 Å². The van der Waals surface area contributed by atoms with Gasteiger partial charge in [0.05, 0.1) is 10.6 Å². The Balaban J connectivity index is 1.64. The van der Waals surface area contributed by atoms with Gasteiger partial charge in [-0.15, -0.1) is 0 Å². The molecule has 158 valence electrons. The second kappa shape index (κ2) is 8.57. The highest BCUT2D eigenvalue weighted by Crippen LogP contribution is 2.28. The molecule has 4 aromatic rings. The number of carbonyl (C=O) groups is 1. The van der Waals surface area contributed by atoms with E-state index in [0.717, 1.165) is 11.1 Å². The van der Waals surface area contributed by atoms with Gasteiger partial charge in [0.2, 0.25) is 5.91 Å². The summed E-state index contributed by atoms with van der Waals surface area (Å²) in [5.74, 6) is -0.374. The van der Waals surface area contributed by atoms with Crippen molar-refractivity contribution in [1.82, 2.24) is 4.57 Å². The minimum atomic E-state index is -3.60. The molecule has 0 aliphatic rings. The predicted octanol–water partition coefficient (Wildman–Crippen LogP) is 5.22. The molecule has 0 bridgehead atoms. The zero-order valence-electron chi connectivity index (χ0n) is 16.9. The molecule has 0 spiro atoms. The number of fused-ring (bicyclic) bond motifs is 1. The number of hydrogen-bond donors (Lipinski definition) is 1. The van der Waals surface area contributed by atoms with E-state index in [1.54, 1.807) is 47.2 Å². The molecule has 5 nitrogen and oxygen atoms in total. The SMILES string of the molecule is Cc1ccc(CS(=O)(=O)c2cn(CC(=O)Nc3cccc(Cl)c3)c3ccccc23)cc1. The van der Waals surface area contributed by atoms with Crippen LogP contribution in [0.3, 0.4) is 0 Å². The third-order valence-electron chi connectivity index (χ3n) is 4.99. The number of nitrogens with zero attached hydrogens (tertiary/aromatic N) is 1. The number of nitrogens with one attached hydrogen (secondary N) is 1. The standard InChI is InChI=1S/C24H21ClN2O3S/c1-17-9-11-18(12-10-17)16-31(29,30)23-14-27(22-8-3-2-7-21(22)23)15-24(28)26-20-6-4-5-19(25)13-20/h2-14H,15-16H2,1H3,(H,26,28). The molecular formula is C24H21ClN2O3S. The third-order valence-corrected chi connectivity index (χ3v) is 6.93. The highest BCUT2D eigenvalue weighted by molar-refractivity contribution is 7.90. The maximum atomic E-state index is 13.2. The van der Waals surface area contributed by atoms with Gasteiger partial charge in [0.25, 0.3) is 0 Å². The highest BCUT2D eigenvalue weighted by Gasteiger charge is 2.22. The van der Waals surface area contributed by atoms with Crippen LogP contribution in [-0.2, 0) is 26.9 Å². The summed E-state index contributed by atoms with van der Waals surface area (Å²) in [5.41, 5.74) is 3.07. The Morgan fingerprint density at radius 3 is 2.48 bits per heavy atom. The maximum Gasteiger partial charge on any atom is 0.244 e. The molecule has 0 fully saturated rings. The number of carbonyl (C=O) groups excluding carboxylic acids is 1. The van der Waals surface area contributed by atoms with Gasteiger partial charge in [0.15, 0.2) is 9.84 Å². The van der Waals surface area contributed by atoms with E-state index in [0.29, 0.717) is 21.6 Å². The molecule has 0 saturated carbocycles. The molecule has 1 amide bonds. The van der Waals surface area contributed by atoms with Gasteiger partial charge >= 0.3 is 0 Å². The van der Waals surface area contributed by atoms with E-state index < -0.39 is 9.84 Å². The Morgan fingerprint density at radius 1 is 1.00 bits per heavy atom. The third kappa shape index (κ3) is 4.81. The first kappa shape index (κ1) is 21.2. The van der Waals surface area contributed by atoms with E-state index in [1.165, 1.54) is 0 Å². The van der Waals surface area contributed by atoms with Crippen molar-refractivity contribution < 1.29 is 13.2 Å². The summed E-state index contributed by atoms with van der Waals surface area (Å²) >= 11 is 5.97. The lowest BCUT2D eigenvalue weighted by Crippen LogP contribution is -2.18. The smallest absolute Gasteiger partial charge is 0.244 e. The summed E-state index contributed by atoms with van der Waals surface area (Å²) in [6.07, 6.45) is 1.55. The summed E-state index contributed by atoms with van der Waals surface area (Å²) in [5, 5.41) is 3.92. The second-order valence-corrected chi connectivity index (χ2v) is 9.84. The van der Waals surface area contributed by atoms with Crippen LogP contribution in [0.2, 0.25) is 5.02 Å². The number of aryl methyl sites for hydroxylation is 1. The summed E-state index contributed by atoms with van der Waals surface area (Å²) in [4.78, 5) is 12.8. The van der Waals surface area contributed by atoms with Crippen molar-refractivity contribution in [2.45, 2.75) is 24.1 Å². The second-order valence-electron chi connectivity index (χ2n) is 7.44. The van der Waals surface area contributed by atoms with Crippen molar-refractivity contribution in [1.29, 1.82) is 0 Å². The largest absolute Gasteiger partial charge is 0.337 e. The van der Waals surface area contributed by atoms with E-state index in [1.807, 2.05) is 43.3 Å². The van der Waals surface area contributed by atoms with Crippen LogP contribution in [0.25, 0.3) is 10.9 Å². The van der Waals surface area contributed by atoms with Gasteiger partial charge in [0.1, 0.15) is 6.54 Å². The number of amides is 1. The average molecular weight is 453 g/mol. The van der Waals surface area contributed by atoms with Crippen LogP contribution < -0.4 is 5.32 Å². The quantitative estimate of drug-likeness (QED) is 0.436. The number of rotatable bonds is 6. The molecule has 31 heavy (non-hydrogen) atoms. The highest BCUT2D eigenvalue weighted by atomic mass is 35.5. The van der Waals surface area contributed by atoms with Crippen molar-refractivity contribution in [2.24, 2.45) is 0 Å².